The fraction of sp³-hybridized carbons (Fsp3) is 0.462. The predicted octanol–water partition coefficient (Wildman–Crippen LogP) is 1.01. The van der Waals surface area contributed by atoms with Crippen LogP contribution in [0, 0.1) is 12.8 Å². The number of sulfonamides is 1. The van der Waals surface area contributed by atoms with Crippen molar-refractivity contribution in [2.75, 3.05) is 26.4 Å². The van der Waals surface area contributed by atoms with Gasteiger partial charge < -0.3 is 10.5 Å². The molecule has 0 heterocycles. The molecule has 0 aromatic heterocycles. The molecule has 6 nitrogen and oxygen atoms in total. The Labute approximate surface area is 119 Å². The molecular weight excluding hydrogens is 280 g/mol. The third kappa shape index (κ3) is 3.49. The van der Waals surface area contributed by atoms with Crippen molar-refractivity contribution in [3.05, 3.63) is 23.8 Å². The van der Waals surface area contributed by atoms with Crippen LogP contribution in [0.3, 0.4) is 0 Å². The summed E-state index contributed by atoms with van der Waals surface area (Å²) in [6.07, 6.45) is 0. The summed E-state index contributed by atoms with van der Waals surface area (Å²) in [5.74, 6) is -1.00. The smallest absolute Gasteiger partial charge is 0.309 e. The monoisotopic (exact) mass is 300 g/mol. The molecule has 0 aliphatic carbocycles. The summed E-state index contributed by atoms with van der Waals surface area (Å²) in [6, 6.07) is 4.75. The number of carbonyl (C=O) groups excluding carboxylic acids is 1. The predicted molar refractivity (Wildman–Crippen MR) is 76.6 cm³/mol. The van der Waals surface area contributed by atoms with Gasteiger partial charge in [-0.3, -0.25) is 4.79 Å². The maximum atomic E-state index is 12.4. The normalized spacial score (nSPS) is 13.2. The fourth-order valence-corrected chi connectivity index (χ4v) is 3.18. The molecule has 1 unspecified atom stereocenters. The van der Waals surface area contributed by atoms with Crippen molar-refractivity contribution in [3.8, 4) is 0 Å². The molecule has 7 heteroatoms. The Bertz CT molecular complexity index is 598. The summed E-state index contributed by atoms with van der Waals surface area (Å²) in [4.78, 5) is 11.4. The number of rotatable bonds is 5. The van der Waals surface area contributed by atoms with Crippen LogP contribution in [0.1, 0.15) is 12.5 Å². The molecule has 0 saturated carbocycles. The summed E-state index contributed by atoms with van der Waals surface area (Å²) in [6.45, 7) is 3.47. The minimum atomic E-state index is -3.72. The SMILES string of the molecule is COC(=O)C(C)CN(C)S(=O)(=O)c1ccc(C)cc1N. The maximum absolute atomic E-state index is 12.4. The molecule has 0 fully saturated rings. The molecule has 0 bridgehead atoms. The first-order valence-corrected chi connectivity index (χ1v) is 7.54. The van der Waals surface area contributed by atoms with Crippen molar-refractivity contribution in [2.45, 2.75) is 18.7 Å². The minimum absolute atomic E-state index is 0.0301. The Morgan fingerprint density at radius 2 is 2.05 bits per heavy atom. The molecule has 0 spiro atoms. The number of methoxy groups -OCH3 is 1. The number of nitrogens with two attached hydrogens (primary N) is 1. The van der Waals surface area contributed by atoms with E-state index in [4.69, 9.17) is 5.73 Å². The number of nitrogen functional groups attached to an aromatic ring is 1. The summed E-state index contributed by atoms with van der Waals surface area (Å²) in [5, 5.41) is 0. The number of anilines is 1. The lowest BCUT2D eigenvalue weighted by molar-refractivity contribution is -0.144. The topological polar surface area (TPSA) is 89.7 Å². The van der Waals surface area contributed by atoms with Crippen LogP contribution in [0.5, 0.6) is 0 Å². The van der Waals surface area contributed by atoms with E-state index in [2.05, 4.69) is 4.74 Å². The van der Waals surface area contributed by atoms with Gasteiger partial charge in [-0.25, -0.2) is 12.7 Å². The van der Waals surface area contributed by atoms with Gasteiger partial charge in [-0.2, -0.15) is 0 Å². The van der Waals surface area contributed by atoms with E-state index in [1.165, 1.54) is 20.2 Å². The van der Waals surface area contributed by atoms with Crippen molar-refractivity contribution in [3.63, 3.8) is 0 Å². The summed E-state index contributed by atoms with van der Waals surface area (Å²) in [5.41, 5.74) is 6.84. The van der Waals surface area contributed by atoms with Gasteiger partial charge in [-0.1, -0.05) is 13.0 Å². The van der Waals surface area contributed by atoms with Gasteiger partial charge >= 0.3 is 5.97 Å². The van der Waals surface area contributed by atoms with Crippen LogP contribution >= 0.6 is 0 Å². The molecule has 1 aromatic rings. The fourth-order valence-electron chi connectivity index (χ4n) is 1.83. The highest BCUT2D eigenvalue weighted by Gasteiger charge is 2.26. The second-order valence-electron chi connectivity index (χ2n) is 4.75. The van der Waals surface area contributed by atoms with E-state index >= 15 is 0 Å². The van der Waals surface area contributed by atoms with Crippen LogP contribution in [0.2, 0.25) is 0 Å². The van der Waals surface area contributed by atoms with Gasteiger partial charge in [0.05, 0.1) is 18.7 Å². The number of ether oxygens (including phenoxy) is 1. The summed E-state index contributed by atoms with van der Waals surface area (Å²) >= 11 is 0. The Kier molecular flexibility index (Phi) is 5.13. The van der Waals surface area contributed by atoms with Crippen molar-refractivity contribution >= 4 is 21.7 Å². The first-order chi connectivity index (χ1) is 9.20. The third-order valence-electron chi connectivity index (χ3n) is 2.99. The highest BCUT2D eigenvalue weighted by molar-refractivity contribution is 7.89. The highest BCUT2D eigenvalue weighted by atomic mass is 32.2. The molecule has 1 atom stereocenters. The van der Waals surface area contributed by atoms with E-state index in [0.717, 1.165) is 9.87 Å². The number of hydrogen-bond donors (Lipinski definition) is 1. The van der Waals surface area contributed by atoms with Gasteiger partial charge in [-0.15, -0.1) is 0 Å². The number of hydrogen-bond acceptors (Lipinski definition) is 5. The molecule has 1 aromatic carbocycles. The molecule has 0 aliphatic heterocycles. The van der Waals surface area contributed by atoms with E-state index in [0.29, 0.717) is 0 Å². The molecule has 2 N–H and O–H groups in total. The Morgan fingerprint density at radius 1 is 1.45 bits per heavy atom. The van der Waals surface area contributed by atoms with Crippen molar-refractivity contribution in [2.24, 2.45) is 5.92 Å². The van der Waals surface area contributed by atoms with Gasteiger partial charge in [0, 0.05) is 13.6 Å². The first-order valence-electron chi connectivity index (χ1n) is 6.10. The second-order valence-corrected chi connectivity index (χ2v) is 6.76. The summed E-state index contributed by atoms with van der Waals surface area (Å²) in [7, 11) is -1.04. The molecule has 20 heavy (non-hydrogen) atoms. The maximum Gasteiger partial charge on any atom is 0.309 e. The molecule has 0 saturated heterocycles. The van der Waals surface area contributed by atoms with Crippen LogP contribution in [-0.2, 0) is 19.6 Å². The van der Waals surface area contributed by atoms with Crippen molar-refractivity contribution in [1.82, 2.24) is 4.31 Å². The Hall–Kier alpha value is -1.60. The van der Waals surface area contributed by atoms with Crippen molar-refractivity contribution < 1.29 is 17.9 Å². The average molecular weight is 300 g/mol. The van der Waals surface area contributed by atoms with Crippen LogP contribution in [-0.4, -0.2) is 39.4 Å². The highest BCUT2D eigenvalue weighted by Crippen LogP contribution is 2.23. The van der Waals surface area contributed by atoms with Crippen LogP contribution in [0.15, 0.2) is 23.1 Å². The molecule has 112 valence electrons. The largest absolute Gasteiger partial charge is 0.469 e. The minimum Gasteiger partial charge on any atom is -0.469 e. The van der Waals surface area contributed by atoms with E-state index in [1.54, 1.807) is 19.1 Å². The average Bonchev–Trinajstić information content (AvgIpc) is 2.36. The van der Waals surface area contributed by atoms with E-state index < -0.39 is 21.9 Å². The van der Waals surface area contributed by atoms with Crippen LogP contribution in [0.4, 0.5) is 5.69 Å². The molecule has 1 rings (SSSR count). The van der Waals surface area contributed by atoms with E-state index in [9.17, 15) is 13.2 Å². The lowest BCUT2D eigenvalue weighted by Gasteiger charge is -2.21. The lowest BCUT2D eigenvalue weighted by atomic mass is 10.2. The first kappa shape index (κ1) is 16.5. The van der Waals surface area contributed by atoms with Gasteiger partial charge in [0.25, 0.3) is 0 Å². The van der Waals surface area contributed by atoms with Crippen molar-refractivity contribution in [1.29, 1.82) is 0 Å². The molecule has 0 aliphatic rings. The van der Waals surface area contributed by atoms with Gasteiger partial charge in [0.2, 0.25) is 10.0 Å². The number of carbonyl (C=O) groups is 1. The second kappa shape index (κ2) is 6.23. The van der Waals surface area contributed by atoms with E-state index in [1.807, 2.05) is 6.92 Å². The van der Waals surface area contributed by atoms with Crippen LogP contribution in [0.25, 0.3) is 0 Å². The lowest BCUT2D eigenvalue weighted by Crippen LogP contribution is -2.34. The van der Waals surface area contributed by atoms with Gasteiger partial charge in [0.1, 0.15) is 4.90 Å². The van der Waals surface area contributed by atoms with Gasteiger partial charge in [-0.05, 0) is 24.6 Å². The quantitative estimate of drug-likeness (QED) is 0.647. The standard InChI is InChI=1S/C13H20N2O4S/c1-9-5-6-12(11(14)7-9)20(17,18)15(3)8-10(2)13(16)19-4/h5-7,10H,8,14H2,1-4H3. The third-order valence-corrected chi connectivity index (χ3v) is 4.89. The molecular formula is C13H20N2O4S. The zero-order chi connectivity index (χ0) is 15.5. The zero-order valence-electron chi connectivity index (χ0n) is 12.1. The Morgan fingerprint density at radius 3 is 2.55 bits per heavy atom. The Balaban J connectivity index is 3.01. The number of esters is 1. The number of aryl methyl sites for hydroxylation is 1. The van der Waals surface area contributed by atoms with Gasteiger partial charge in [0.15, 0.2) is 0 Å². The molecule has 0 radical (unpaired) electrons. The number of benzene rings is 1. The number of nitrogens with zero attached hydrogens (tertiary/aromatic N) is 1. The van der Waals surface area contributed by atoms with Crippen LogP contribution < -0.4 is 5.73 Å². The zero-order valence-corrected chi connectivity index (χ0v) is 12.9. The summed E-state index contributed by atoms with van der Waals surface area (Å²) < 4.78 is 30.5. The van der Waals surface area contributed by atoms with E-state index in [-0.39, 0.29) is 17.1 Å². The molecule has 0 amide bonds.